The molecule has 0 aromatic rings. The number of quaternary nitrogens is 1. The van der Waals surface area contributed by atoms with Crippen LogP contribution in [0.2, 0.25) is 0 Å². The molecule has 0 N–H and O–H groups in total. The molecule has 0 fully saturated rings. The van der Waals surface area contributed by atoms with Crippen LogP contribution in [0.1, 0.15) is 174 Å². The smallest absolute Gasteiger partial charge is 0.140 e. The molecule has 0 radical (unpaired) electrons. The molecule has 0 amide bonds. The maximum absolute atomic E-state index is 13.1. The zero-order chi connectivity index (χ0) is 29.7. The molecule has 40 heavy (non-hydrogen) atoms. The molecule has 238 valence electrons. The number of likely N-dealkylation sites (N-methyl/N-ethyl adjacent to an activating group) is 1. The predicted molar refractivity (Wildman–Crippen MR) is 176 cm³/mol. The van der Waals surface area contributed by atoms with E-state index >= 15 is 0 Å². The molecule has 1 unspecified atom stereocenters. The number of hydrogen-bond acceptors (Lipinski definition) is 3. The van der Waals surface area contributed by atoms with Gasteiger partial charge in [-0.15, -0.1) is 0 Å². The number of carbonyl (C=O) groups excluding carboxylic acids is 2. The number of ketones is 1. The zero-order valence-electron chi connectivity index (χ0n) is 27.8. The highest BCUT2D eigenvalue weighted by atomic mass is 31.1. The van der Waals surface area contributed by atoms with Gasteiger partial charge in [0.05, 0.1) is 34.3 Å². The van der Waals surface area contributed by atoms with E-state index in [9.17, 15) is 9.59 Å². The second-order valence-electron chi connectivity index (χ2n) is 13.3. The van der Waals surface area contributed by atoms with Crippen LogP contribution in [0, 0.1) is 5.92 Å². The van der Waals surface area contributed by atoms with E-state index in [4.69, 9.17) is 4.52 Å². The Kier molecular flexibility index (Phi) is 28.6. The van der Waals surface area contributed by atoms with Crippen molar-refractivity contribution in [3.05, 3.63) is 0 Å². The fourth-order valence-corrected chi connectivity index (χ4v) is 5.94. The van der Waals surface area contributed by atoms with E-state index in [1.165, 1.54) is 122 Å². The third kappa shape index (κ3) is 27.8. The summed E-state index contributed by atoms with van der Waals surface area (Å²) in [6, 6.07) is 0. The Labute approximate surface area is 253 Å². The molecule has 0 spiro atoms. The highest BCUT2D eigenvalue weighted by molar-refractivity contribution is 7.53. The normalized spacial score (nSPS) is 12.9. The summed E-state index contributed by atoms with van der Waals surface area (Å²) < 4.78 is 6.49. The first kappa shape index (κ1) is 39.7. The van der Waals surface area contributed by atoms with Crippen molar-refractivity contribution in [3.63, 3.8) is 0 Å². The van der Waals surface area contributed by atoms with E-state index in [0.717, 1.165) is 36.7 Å². The molecule has 0 rings (SSSR count). The molecule has 0 aliphatic heterocycles. The molecule has 0 saturated carbocycles. The average Bonchev–Trinajstić information content (AvgIpc) is 2.91. The average molecular weight is 584 g/mol. The summed E-state index contributed by atoms with van der Waals surface area (Å²) in [4.78, 5) is 26.1. The van der Waals surface area contributed by atoms with Crippen LogP contribution in [0.3, 0.4) is 0 Å². The minimum atomic E-state index is -0.461. The van der Waals surface area contributed by atoms with Crippen LogP contribution < -0.4 is 0 Å². The first-order valence-corrected chi connectivity index (χ1v) is 18.3. The van der Waals surface area contributed by atoms with Gasteiger partial charge in [-0.25, -0.2) is 0 Å². The number of unbranched alkanes of at least 4 members (excludes halogenated alkanes) is 21. The topological polar surface area (TPSA) is 43.4 Å². The van der Waals surface area contributed by atoms with Crippen molar-refractivity contribution >= 4 is 20.1 Å². The second kappa shape index (κ2) is 28.8. The molecule has 0 aliphatic carbocycles. The van der Waals surface area contributed by atoms with Gasteiger partial charge in [-0.05, 0) is 12.8 Å². The summed E-state index contributed by atoms with van der Waals surface area (Å²) in [5.41, 5.74) is -0.0162. The minimum absolute atomic E-state index is 0.0162. The quantitative estimate of drug-likeness (QED) is 0.0342. The summed E-state index contributed by atoms with van der Waals surface area (Å²) >= 11 is 0. The van der Waals surface area contributed by atoms with Gasteiger partial charge in [0.15, 0.2) is 0 Å². The molecule has 5 heteroatoms. The van der Waals surface area contributed by atoms with E-state index in [1.807, 2.05) is 0 Å². The third-order valence-electron chi connectivity index (χ3n) is 8.07. The summed E-state index contributed by atoms with van der Waals surface area (Å²) in [5.74, 6) is -0.302. The number of carbonyl (C=O) groups is 2. The highest BCUT2D eigenvalue weighted by Crippen LogP contribution is 2.27. The van der Waals surface area contributed by atoms with Gasteiger partial charge in [0, 0.05) is 17.9 Å². The maximum atomic E-state index is 13.1. The largest absolute Gasteiger partial charge is 0.546 e. The SMILES string of the molecule is CCCCCCCCCCCCCCC(C(=O)CCCCCCCCCCCCC)C(=O)[P-]OCC[N+](C)(C)C. The molecular formula is C35H70NO3P. The summed E-state index contributed by atoms with van der Waals surface area (Å²) in [6.45, 7) is 5.95. The molecule has 0 heterocycles. The van der Waals surface area contributed by atoms with Crippen LogP contribution in [-0.4, -0.2) is 50.1 Å². The van der Waals surface area contributed by atoms with Crippen LogP contribution in [0.4, 0.5) is 0 Å². The number of hydrogen-bond donors (Lipinski definition) is 0. The van der Waals surface area contributed by atoms with Gasteiger partial charge in [-0.1, -0.05) is 155 Å². The van der Waals surface area contributed by atoms with Gasteiger partial charge in [0.2, 0.25) is 0 Å². The molecule has 0 aliphatic rings. The van der Waals surface area contributed by atoms with Crippen molar-refractivity contribution in [1.82, 2.24) is 0 Å². The lowest BCUT2D eigenvalue weighted by atomic mass is 9.93. The first-order valence-electron chi connectivity index (χ1n) is 17.5. The number of Topliss-reactive ketones (excluding diaryl/α,β-unsaturated/α-hetero) is 1. The Morgan fingerprint density at radius 2 is 0.950 bits per heavy atom. The van der Waals surface area contributed by atoms with Crippen LogP contribution in [-0.2, 0) is 14.1 Å². The lowest BCUT2D eigenvalue weighted by Gasteiger charge is -2.28. The van der Waals surface area contributed by atoms with E-state index in [-0.39, 0.29) is 11.3 Å². The van der Waals surface area contributed by atoms with E-state index in [0.29, 0.717) is 28.3 Å². The van der Waals surface area contributed by atoms with Crippen LogP contribution in [0.5, 0.6) is 0 Å². The van der Waals surface area contributed by atoms with Crippen molar-refractivity contribution in [2.75, 3.05) is 34.3 Å². The molecule has 4 nitrogen and oxygen atoms in total. The fraction of sp³-hybridized carbons (Fsp3) is 0.943. The summed E-state index contributed by atoms with van der Waals surface area (Å²) in [5, 5.41) is 0. The Morgan fingerprint density at radius 1 is 0.575 bits per heavy atom. The van der Waals surface area contributed by atoms with Crippen LogP contribution in [0.15, 0.2) is 0 Å². The molecule has 0 saturated heterocycles. The minimum Gasteiger partial charge on any atom is -0.546 e. The molecule has 0 aromatic carbocycles. The lowest BCUT2D eigenvalue weighted by Crippen LogP contribution is -2.37. The van der Waals surface area contributed by atoms with Gasteiger partial charge in [0.1, 0.15) is 5.78 Å². The number of rotatable bonds is 32. The van der Waals surface area contributed by atoms with Gasteiger partial charge in [-0.3, -0.25) is 4.79 Å². The maximum Gasteiger partial charge on any atom is 0.140 e. The van der Waals surface area contributed by atoms with Crippen molar-refractivity contribution in [2.45, 2.75) is 174 Å². The van der Waals surface area contributed by atoms with Gasteiger partial charge in [-0.2, -0.15) is 0 Å². The first-order chi connectivity index (χ1) is 19.3. The van der Waals surface area contributed by atoms with Crippen molar-refractivity contribution in [3.8, 4) is 0 Å². The summed E-state index contributed by atoms with van der Waals surface area (Å²) in [6.07, 6.45) is 30.9. The van der Waals surface area contributed by atoms with Crippen molar-refractivity contribution < 1.29 is 18.6 Å². The Hall–Kier alpha value is -0.310. The predicted octanol–water partition coefficient (Wildman–Crippen LogP) is 11.1. The molecule has 0 aromatic heterocycles. The van der Waals surface area contributed by atoms with Gasteiger partial charge < -0.3 is 22.6 Å². The van der Waals surface area contributed by atoms with E-state index < -0.39 is 5.92 Å². The molecular weight excluding hydrogens is 513 g/mol. The second-order valence-corrected chi connectivity index (χ2v) is 14.1. The Balaban J connectivity index is 4.22. The fourth-order valence-electron chi connectivity index (χ4n) is 5.24. The van der Waals surface area contributed by atoms with Gasteiger partial charge in [0.25, 0.3) is 0 Å². The van der Waals surface area contributed by atoms with Crippen LogP contribution >= 0.6 is 8.81 Å². The monoisotopic (exact) mass is 584 g/mol. The lowest BCUT2D eigenvalue weighted by molar-refractivity contribution is -0.870. The highest BCUT2D eigenvalue weighted by Gasteiger charge is 2.20. The van der Waals surface area contributed by atoms with Crippen LogP contribution in [0.25, 0.3) is 0 Å². The van der Waals surface area contributed by atoms with Crippen molar-refractivity contribution in [1.29, 1.82) is 0 Å². The molecule has 0 bridgehead atoms. The molecule has 1 atom stereocenters. The summed E-state index contributed by atoms with van der Waals surface area (Å²) in [7, 11) is 6.73. The standard InChI is InChI=1S/C35H70NO3P/c1-6-8-10-12-14-16-18-20-21-23-25-27-29-33(35(38)40-39-32-31-36(3,4)5)34(37)30-28-26-24-22-19-17-15-13-11-9-7-2/h33H,6-32H2,1-5H3. The van der Waals surface area contributed by atoms with Crippen molar-refractivity contribution in [2.24, 2.45) is 5.92 Å². The van der Waals surface area contributed by atoms with E-state index in [2.05, 4.69) is 35.0 Å². The Morgan fingerprint density at radius 3 is 1.35 bits per heavy atom. The zero-order valence-corrected chi connectivity index (χ0v) is 28.7. The van der Waals surface area contributed by atoms with Gasteiger partial charge >= 0.3 is 0 Å². The third-order valence-corrected chi connectivity index (χ3v) is 8.87. The van der Waals surface area contributed by atoms with E-state index in [1.54, 1.807) is 0 Å². The number of nitrogens with zero attached hydrogens (tertiary/aromatic N) is 1. The Bertz CT molecular complexity index is 575.